The second-order valence-corrected chi connectivity index (χ2v) is 7.93. The molecule has 0 aliphatic heterocycles. The van der Waals surface area contributed by atoms with Crippen LogP contribution in [0.25, 0.3) is 0 Å². The van der Waals surface area contributed by atoms with E-state index in [4.69, 9.17) is 8.92 Å². The van der Waals surface area contributed by atoms with E-state index in [1.165, 1.54) is 36.3 Å². The minimum Gasteiger partial charge on any atom is -0.383 e. The average Bonchev–Trinajstić information content (AvgIpc) is 2.63. The highest BCUT2D eigenvalue weighted by molar-refractivity contribution is 7.86. The predicted octanol–water partition coefficient (Wildman–Crippen LogP) is 3.72. The van der Waals surface area contributed by atoms with Crippen LogP contribution in [0.4, 0.5) is 23.7 Å². The van der Waals surface area contributed by atoms with Crippen LogP contribution in [-0.4, -0.2) is 45.9 Å². The van der Waals surface area contributed by atoms with Crippen molar-refractivity contribution >= 4 is 21.8 Å². The van der Waals surface area contributed by atoms with Crippen LogP contribution in [0.2, 0.25) is 0 Å². The zero-order valence-corrected chi connectivity index (χ0v) is 17.1. The number of nitrogens with zero attached hydrogens (tertiary/aromatic N) is 1. The number of nitrogens with one attached hydrogen (secondary N) is 1. The molecule has 0 fully saturated rings. The van der Waals surface area contributed by atoms with E-state index in [2.05, 4.69) is 5.32 Å². The molecule has 2 amide bonds. The van der Waals surface area contributed by atoms with E-state index in [1.807, 2.05) is 0 Å². The highest BCUT2D eigenvalue weighted by Gasteiger charge is 2.30. The fourth-order valence-corrected chi connectivity index (χ4v) is 2.97. The number of hydrogen-bond donors (Lipinski definition) is 1. The summed E-state index contributed by atoms with van der Waals surface area (Å²) < 4.78 is 71.0. The third kappa shape index (κ3) is 7.56. The number of methoxy groups -OCH3 is 1. The molecule has 0 aliphatic rings. The maximum Gasteiger partial charge on any atom is 0.416 e. The molecule has 164 valence electrons. The van der Waals surface area contributed by atoms with E-state index in [0.29, 0.717) is 5.56 Å². The SMILES string of the molecule is COCCN(Cc1cccc(OS(C)(=O)=O)c1)C(=O)Nc1cccc(C(F)(F)F)c1. The lowest BCUT2D eigenvalue weighted by atomic mass is 10.2. The Morgan fingerprint density at radius 2 is 1.83 bits per heavy atom. The summed E-state index contributed by atoms with van der Waals surface area (Å²) in [6, 6.07) is 9.79. The van der Waals surface area contributed by atoms with Gasteiger partial charge in [-0.1, -0.05) is 18.2 Å². The summed E-state index contributed by atoms with van der Waals surface area (Å²) in [7, 11) is -2.27. The molecular formula is C19H21F3N2O5S. The fourth-order valence-electron chi connectivity index (χ4n) is 2.52. The smallest absolute Gasteiger partial charge is 0.383 e. The van der Waals surface area contributed by atoms with Crippen LogP contribution in [-0.2, 0) is 27.6 Å². The lowest BCUT2D eigenvalue weighted by Crippen LogP contribution is -2.36. The van der Waals surface area contributed by atoms with E-state index in [9.17, 15) is 26.4 Å². The maximum absolute atomic E-state index is 12.9. The second kappa shape index (κ2) is 9.81. The number of halogens is 3. The van der Waals surface area contributed by atoms with E-state index in [0.717, 1.165) is 18.4 Å². The molecule has 0 spiro atoms. The Morgan fingerprint density at radius 3 is 2.47 bits per heavy atom. The second-order valence-electron chi connectivity index (χ2n) is 6.36. The third-order valence-corrected chi connectivity index (χ3v) is 4.31. The monoisotopic (exact) mass is 446 g/mol. The summed E-state index contributed by atoms with van der Waals surface area (Å²) in [5, 5.41) is 2.44. The van der Waals surface area contributed by atoms with Gasteiger partial charge in [0.25, 0.3) is 0 Å². The number of carbonyl (C=O) groups excluding carboxylic acids is 1. The minimum absolute atomic E-state index is 0.00796. The summed E-state index contributed by atoms with van der Waals surface area (Å²) in [5.74, 6) is 0.0833. The molecule has 0 atom stereocenters. The summed E-state index contributed by atoms with van der Waals surface area (Å²) in [6.45, 7) is 0.392. The van der Waals surface area contributed by atoms with E-state index >= 15 is 0 Å². The number of benzene rings is 2. The van der Waals surface area contributed by atoms with Gasteiger partial charge in [0.2, 0.25) is 0 Å². The molecular weight excluding hydrogens is 425 g/mol. The van der Waals surface area contributed by atoms with Crippen molar-refractivity contribution in [1.82, 2.24) is 4.90 Å². The van der Waals surface area contributed by atoms with Crippen LogP contribution in [0, 0.1) is 0 Å². The molecule has 0 saturated carbocycles. The van der Waals surface area contributed by atoms with Gasteiger partial charge in [-0.15, -0.1) is 0 Å². The third-order valence-electron chi connectivity index (χ3n) is 3.81. The molecule has 30 heavy (non-hydrogen) atoms. The number of rotatable bonds is 8. The van der Waals surface area contributed by atoms with Gasteiger partial charge in [-0.25, -0.2) is 4.79 Å². The average molecular weight is 446 g/mol. The van der Waals surface area contributed by atoms with Gasteiger partial charge in [0.05, 0.1) is 18.4 Å². The van der Waals surface area contributed by atoms with Crippen LogP contribution < -0.4 is 9.50 Å². The van der Waals surface area contributed by atoms with Crippen molar-refractivity contribution in [2.45, 2.75) is 12.7 Å². The number of hydrogen-bond acceptors (Lipinski definition) is 5. The number of amides is 2. The number of ether oxygens (including phenoxy) is 1. The number of urea groups is 1. The molecule has 0 unspecified atom stereocenters. The Balaban J connectivity index is 2.17. The van der Waals surface area contributed by atoms with Crippen LogP contribution >= 0.6 is 0 Å². The van der Waals surface area contributed by atoms with Gasteiger partial charge < -0.3 is 19.1 Å². The number of anilines is 1. The van der Waals surface area contributed by atoms with Crippen LogP contribution in [0.3, 0.4) is 0 Å². The Kier molecular flexibility index (Phi) is 7.68. The van der Waals surface area contributed by atoms with Gasteiger partial charge in [0.1, 0.15) is 5.75 Å². The zero-order valence-electron chi connectivity index (χ0n) is 16.3. The molecule has 0 bridgehead atoms. The van der Waals surface area contributed by atoms with Crippen molar-refractivity contribution in [3.05, 3.63) is 59.7 Å². The first-order valence-corrected chi connectivity index (χ1v) is 10.5. The van der Waals surface area contributed by atoms with Gasteiger partial charge >= 0.3 is 22.3 Å². The van der Waals surface area contributed by atoms with Gasteiger partial charge in [-0.2, -0.15) is 21.6 Å². The van der Waals surface area contributed by atoms with Gasteiger partial charge in [0.15, 0.2) is 0 Å². The summed E-state index contributed by atoms with van der Waals surface area (Å²) >= 11 is 0. The fraction of sp³-hybridized carbons (Fsp3) is 0.316. The van der Waals surface area contributed by atoms with Crippen molar-refractivity contribution in [3.8, 4) is 5.75 Å². The first kappa shape index (κ1) is 23.5. The highest BCUT2D eigenvalue weighted by atomic mass is 32.2. The number of carbonyl (C=O) groups is 1. The Bertz CT molecular complexity index is 980. The van der Waals surface area contributed by atoms with Gasteiger partial charge in [-0.3, -0.25) is 0 Å². The van der Waals surface area contributed by atoms with Crippen molar-refractivity contribution in [2.24, 2.45) is 0 Å². The van der Waals surface area contributed by atoms with Crippen LogP contribution in [0.5, 0.6) is 5.75 Å². The molecule has 0 radical (unpaired) electrons. The van der Waals surface area contributed by atoms with Crippen molar-refractivity contribution in [3.63, 3.8) is 0 Å². The zero-order chi connectivity index (χ0) is 22.4. The Hall–Kier alpha value is -2.79. The van der Waals surface area contributed by atoms with E-state index < -0.39 is 27.9 Å². The normalized spacial score (nSPS) is 11.8. The van der Waals surface area contributed by atoms with E-state index in [1.54, 1.807) is 12.1 Å². The minimum atomic E-state index is -4.53. The quantitative estimate of drug-likeness (QED) is 0.625. The molecule has 0 aliphatic carbocycles. The van der Waals surface area contributed by atoms with Crippen molar-refractivity contribution < 1.29 is 35.3 Å². The summed E-state index contributed by atoms with van der Waals surface area (Å²) in [6.07, 6.45) is -3.62. The molecule has 7 nitrogen and oxygen atoms in total. The lowest BCUT2D eigenvalue weighted by molar-refractivity contribution is -0.137. The first-order valence-electron chi connectivity index (χ1n) is 8.68. The Morgan fingerprint density at radius 1 is 1.13 bits per heavy atom. The van der Waals surface area contributed by atoms with Crippen molar-refractivity contribution in [1.29, 1.82) is 0 Å². The molecule has 0 aromatic heterocycles. The largest absolute Gasteiger partial charge is 0.416 e. The maximum atomic E-state index is 12.9. The highest BCUT2D eigenvalue weighted by Crippen LogP contribution is 2.30. The van der Waals surface area contributed by atoms with E-state index in [-0.39, 0.29) is 31.1 Å². The molecule has 2 rings (SSSR count). The topological polar surface area (TPSA) is 84.9 Å². The van der Waals surface area contributed by atoms with Crippen LogP contribution in [0.1, 0.15) is 11.1 Å². The molecule has 0 saturated heterocycles. The summed E-state index contributed by atoms with van der Waals surface area (Å²) in [4.78, 5) is 14.0. The van der Waals surface area contributed by atoms with Crippen molar-refractivity contribution in [2.75, 3.05) is 31.8 Å². The van der Waals surface area contributed by atoms with Crippen LogP contribution in [0.15, 0.2) is 48.5 Å². The molecule has 0 heterocycles. The first-order chi connectivity index (χ1) is 14.0. The molecule has 11 heteroatoms. The Labute approximate surface area is 172 Å². The molecule has 1 N–H and O–H groups in total. The lowest BCUT2D eigenvalue weighted by Gasteiger charge is -2.23. The molecule has 2 aromatic carbocycles. The molecule has 2 aromatic rings. The summed E-state index contributed by atoms with van der Waals surface area (Å²) in [5.41, 5.74) is -0.327. The number of alkyl halides is 3. The predicted molar refractivity (Wildman–Crippen MR) is 105 cm³/mol. The van der Waals surface area contributed by atoms with Gasteiger partial charge in [0, 0.05) is 25.9 Å². The van der Waals surface area contributed by atoms with Gasteiger partial charge in [-0.05, 0) is 35.9 Å². The standard InChI is InChI=1S/C19H21F3N2O5S/c1-28-10-9-24(13-14-5-3-8-17(11-14)29-30(2,26)27)18(25)23-16-7-4-6-15(12-16)19(20,21)22/h3-8,11-12H,9-10,13H2,1-2H3,(H,23,25).